The summed E-state index contributed by atoms with van der Waals surface area (Å²) in [5.41, 5.74) is 1.63. The first-order chi connectivity index (χ1) is 6.52. The average molecular weight is 194 g/mol. The summed E-state index contributed by atoms with van der Waals surface area (Å²) >= 11 is 0. The molecule has 82 valence electrons. The van der Waals surface area contributed by atoms with Crippen molar-refractivity contribution in [1.29, 1.82) is 0 Å². The molecule has 0 saturated carbocycles. The van der Waals surface area contributed by atoms with Crippen LogP contribution in [-0.2, 0) is 0 Å². The van der Waals surface area contributed by atoms with E-state index in [1.165, 1.54) is 5.57 Å². The molecule has 0 heterocycles. The summed E-state index contributed by atoms with van der Waals surface area (Å²) in [5.74, 6) is 0. The lowest BCUT2D eigenvalue weighted by molar-refractivity contribution is 0.516. The Morgan fingerprint density at radius 2 is 1.43 bits per heavy atom. The van der Waals surface area contributed by atoms with Gasteiger partial charge in [-0.1, -0.05) is 65.0 Å². The zero-order chi connectivity index (χ0) is 11.6. The van der Waals surface area contributed by atoms with E-state index in [1.807, 2.05) is 26.8 Å². The molecule has 0 aliphatic rings. The maximum Gasteiger partial charge on any atom is -0.0135 e. The second-order valence-corrected chi connectivity index (χ2v) is 3.88. The Labute approximate surface area is 90.4 Å². The lowest BCUT2D eigenvalue weighted by Crippen LogP contribution is -2.06. The molecule has 0 aromatic rings. The van der Waals surface area contributed by atoms with E-state index in [4.69, 9.17) is 0 Å². The third-order valence-corrected chi connectivity index (χ3v) is 1.76. The minimum atomic E-state index is 0.257. The van der Waals surface area contributed by atoms with E-state index >= 15 is 0 Å². The van der Waals surface area contributed by atoms with Crippen molar-refractivity contribution in [2.24, 2.45) is 5.41 Å². The Morgan fingerprint density at radius 3 is 1.71 bits per heavy atom. The van der Waals surface area contributed by atoms with Crippen LogP contribution in [0.5, 0.6) is 0 Å². The first-order valence-corrected chi connectivity index (χ1v) is 5.48. The highest BCUT2D eigenvalue weighted by Crippen LogP contribution is 2.25. The van der Waals surface area contributed by atoms with Crippen LogP contribution in [0.1, 0.15) is 48.5 Å². The molecule has 0 aliphatic heterocycles. The van der Waals surface area contributed by atoms with Crippen LogP contribution in [0.4, 0.5) is 0 Å². The molecule has 0 spiro atoms. The number of rotatable bonds is 2. The highest BCUT2D eigenvalue weighted by atomic mass is 14.2. The fourth-order valence-electron chi connectivity index (χ4n) is 1.05. The van der Waals surface area contributed by atoms with Crippen LogP contribution in [0, 0.1) is 5.41 Å². The van der Waals surface area contributed by atoms with Gasteiger partial charge >= 0.3 is 0 Å². The Balaban J connectivity index is 0. The van der Waals surface area contributed by atoms with Crippen LogP contribution in [0.25, 0.3) is 0 Å². The summed E-state index contributed by atoms with van der Waals surface area (Å²) < 4.78 is 0. The van der Waals surface area contributed by atoms with Crippen LogP contribution < -0.4 is 0 Å². The second-order valence-electron chi connectivity index (χ2n) is 3.88. The summed E-state index contributed by atoms with van der Waals surface area (Å²) in [5, 5.41) is 0. The molecule has 0 rings (SSSR count). The number of hydrogen-bond acceptors (Lipinski definition) is 0. The first kappa shape index (κ1) is 15.7. The van der Waals surface area contributed by atoms with E-state index in [-0.39, 0.29) is 5.41 Å². The molecule has 0 saturated heterocycles. The molecule has 0 N–H and O–H groups in total. The Bertz CT molecular complexity index is 197. The lowest BCUT2D eigenvalue weighted by Gasteiger charge is -2.19. The van der Waals surface area contributed by atoms with E-state index < -0.39 is 0 Å². The van der Waals surface area contributed by atoms with Gasteiger partial charge in [0.2, 0.25) is 0 Å². The van der Waals surface area contributed by atoms with Crippen molar-refractivity contribution in [3.05, 3.63) is 36.0 Å². The van der Waals surface area contributed by atoms with Gasteiger partial charge in [0.25, 0.3) is 0 Å². The van der Waals surface area contributed by atoms with Gasteiger partial charge in [-0.15, -0.1) is 0 Å². The fraction of sp³-hybridized carbons (Fsp3) is 0.571. The molecule has 0 heteroatoms. The largest absolute Gasteiger partial charge is 0.0877 e. The highest BCUT2D eigenvalue weighted by Gasteiger charge is 2.12. The molecule has 0 aromatic carbocycles. The Hall–Kier alpha value is -0.780. The molecule has 0 aliphatic carbocycles. The summed E-state index contributed by atoms with van der Waals surface area (Å²) in [7, 11) is 0. The quantitative estimate of drug-likeness (QED) is 0.534. The third-order valence-electron chi connectivity index (χ3n) is 1.76. The summed E-state index contributed by atoms with van der Waals surface area (Å²) in [6.07, 6.45) is 10.5. The molecule has 0 unspecified atom stereocenters. The smallest absolute Gasteiger partial charge is 0.0135 e. The van der Waals surface area contributed by atoms with Crippen molar-refractivity contribution in [3.8, 4) is 0 Å². The van der Waals surface area contributed by atoms with Gasteiger partial charge in [0.15, 0.2) is 0 Å². The maximum atomic E-state index is 2.22. The fourth-order valence-corrected chi connectivity index (χ4v) is 1.05. The highest BCUT2D eigenvalue weighted by molar-refractivity contribution is 5.26. The average Bonchev–Trinajstić information content (AvgIpc) is 2.14. The number of allylic oxidation sites excluding steroid dienone is 6. The second kappa shape index (κ2) is 8.80. The molecule has 0 bridgehead atoms. The SMILES string of the molecule is CC.C\C=C/C=C\C(=C/C)C(C)(C)C. The summed E-state index contributed by atoms with van der Waals surface area (Å²) in [6, 6.07) is 0. The van der Waals surface area contributed by atoms with Crippen molar-refractivity contribution in [2.75, 3.05) is 0 Å². The standard InChI is InChI=1S/C12H20.C2H6/c1-6-8-9-10-11(7-2)12(3,4)5;1-2/h6-10H,1-5H3;1-2H3/b8-6-,10-9-,11-7+;. The molecule has 0 atom stereocenters. The van der Waals surface area contributed by atoms with E-state index in [0.29, 0.717) is 0 Å². The molecule has 0 amide bonds. The van der Waals surface area contributed by atoms with Gasteiger partial charge in [-0.2, -0.15) is 0 Å². The molecule has 0 radical (unpaired) electrons. The predicted molar refractivity (Wildman–Crippen MR) is 68.5 cm³/mol. The van der Waals surface area contributed by atoms with Gasteiger partial charge in [0, 0.05) is 0 Å². The van der Waals surface area contributed by atoms with Crippen molar-refractivity contribution < 1.29 is 0 Å². The van der Waals surface area contributed by atoms with E-state index in [2.05, 4.69) is 52.0 Å². The van der Waals surface area contributed by atoms with Crippen LogP contribution in [-0.4, -0.2) is 0 Å². The van der Waals surface area contributed by atoms with Gasteiger partial charge in [-0.3, -0.25) is 0 Å². The van der Waals surface area contributed by atoms with Crippen LogP contribution in [0.3, 0.4) is 0 Å². The van der Waals surface area contributed by atoms with E-state index in [1.54, 1.807) is 0 Å². The van der Waals surface area contributed by atoms with Crippen molar-refractivity contribution in [1.82, 2.24) is 0 Å². The van der Waals surface area contributed by atoms with Crippen LogP contribution >= 0.6 is 0 Å². The topological polar surface area (TPSA) is 0 Å². The van der Waals surface area contributed by atoms with Gasteiger partial charge in [0.05, 0.1) is 0 Å². The summed E-state index contributed by atoms with van der Waals surface area (Å²) in [4.78, 5) is 0. The molecule has 0 fully saturated rings. The first-order valence-electron chi connectivity index (χ1n) is 5.48. The minimum absolute atomic E-state index is 0.257. The number of hydrogen-bond donors (Lipinski definition) is 0. The predicted octanol–water partition coefficient (Wildman–Crippen LogP) is 5.14. The zero-order valence-corrected chi connectivity index (χ0v) is 10.9. The Kier molecular flexibility index (Phi) is 9.86. The normalized spacial score (nSPS) is 13.2. The molecule has 14 heavy (non-hydrogen) atoms. The third kappa shape index (κ3) is 7.85. The van der Waals surface area contributed by atoms with Crippen molar-refractivity contribution in [3.63, 3.8) is 0 Å². The molecule has 0 aromatic heterocycles. The Morgan fingerprint density at radius 1 is 0.929 bits per heavy atom. The molecular weight excluding hydrogens is 168 g/mol. The van der Waals surface area contributed by atoms with Crippen molar-refractivity contribution >= 4 is 0 Å². The zero-order valence-electron chi connectivity index (χ0n) is 10.9. The van der Waals surface area contributed by atoms with Crippen LogP contribution in [0.15, 0.2) is 36.0 Å². The maximum absolute atomic E-state index is 2.22. The van der Waals surface area contributed by atoms with E-state index in [9.17, 15) is 0 Å². The van der Waals surface area contributed by atoms with Crippen molar-refractivity contribution in [2.45, 2.75) is 48.5 Å². The lowest BCUT2D eigenvalue weighted by atomic mass is 9.86. The van der Waals surface area contributed by atoms with Gasteiger partial charge in [-0.05, 0) is 24.8 Å². The monoisotopic (exact) mass is 194 g/mol. The van der Waals surface area contributed by atoms with Gasteiger partial charge in [0.1, 0.15) is 0 Å². The summed E-state index contributed by atoms with van der Waals surface area (Å²) in [6.45, 7) is 14.8. The minimum Gasteiger partial charge on any atom is -0.0877 e. The molecule has 0 nitrogen and oxygen atoms in total. The van der Waals surface area contributed by atoms with Gasteiger partial charge < -0.3 is 0 Å². The van der Waals surface area contributed by atoms with Gasteiger partial charge in [-0.25, -0.2) is 0 Å². The van der Waals surface area contributed by atoms with E-state index in [0.717, 1.165) is 0 Å². The van der Waals surface area contributed by atoms with Crippen LogP contribution in [0.2, 0.25) is 0 Å². The molecular formula is C14H26.